The molecule has 4 heteroatoms. The number of nitrogens with one attached hydrogen (secondary N) is 2. The molecule has 4 nitrogen and oxygen atoms in total. The van der Waals surface area contributed by atoms with Gasteiger partial charge in [0.25, 0.3) is 0 Å². The lowest BCUT2D eigenvalue weighted by Crippen LogP contribution is -2.40. The van der Waals surface area contributed by atoms with Gasteiger partial charge >= 0.3 is 0 Å². The highest BCUT2D eigenvalue weighted by atomic mass is 16.5. The van der Waals surface area contributed by atoms with Crippen molar-refractivity contribution in [3.8, 4) is 0 Å². The summed E-state index contributed by atoms with van der Waals surface area (Å²) in [7, 11) is 0. The van der Waals surface area contributed by atoms with Crippen LogP contribution in [0.25, 0.3) is 0 Å². The van der Waals surface area contributed by atoms with Crippen molar-refractivity contribution in [2.75, 3.05) is 26.3 Å². The Hall–Kier alpha value is -0.610. The summed E-state index contributed by atoms with van der Waals surface area (Å²) in [4.78, 5) is 11.6. The van der Waals surface area contributed by atoms with Crippen LogP contribution < -0.4 is 10.6 Å². The van der Waals surface area contributed by atoms with Crippen LogP contribution in [0.3, 0.4) is 0 Å². The molecule has 1 aliphatic rings. The van der Waals surface area contributed by atoms with Crippen LogP contribution in [0.4, 0.5) is 0 Å². The summed E-state index contributed by atoms with van der Waals surface area (Å²) >= 11 is 0. The van der Waals surface area contributed by atoms with Gasteiger partial charge in [0.1, 0.15) is 0 Å². The number of amides is 1. The molecule has 2 N–H and O–H groups in total. The highest BCUT2D eigenvalue weighted by Crippen LogP contribution is 2.04. The van der Waals surface area contributed by atoms with E-state index in [0.717, 1.165) is 45.6 Å². The predicted molar refractivity (Wildman–Crippen MR) is 64.3 cm³/mol. The molecule has 1 atom stereocenters. The molecule has 94 valence electrons. The zero-order valence-corrected chi connectivity index (χ0v) is 10.4. The minimum absolute atomic E-state index is 0.0385. The molecule has 0 aromatic carbocycles. The second kappa shape index (κ2) is 7.63. The van der Waals surface area contributed by atoms with Crippen molar-refractivity contribution in [3.05, 3.63) is 0 Å². The van der Waals surface area contributed by atoms with E-state index in [-0.39, 0.29) is 11.9 Å². The van der Waals surface area contributed by atoms with Gasteiger partial charge < -0.3 is 15.4 Å². The van der Waals surface area contributed by atoms with Crippen molar-refractivity contribution in [1.29, 1.82) is 0 Å². The van der Waals surface area contributed by atoms with Crippen LogP contribution in [0.15, 0.2) is 0 Å². The summed E-state index contributed by atoms with van der Waals surface area (Å²) in [6.07, 6.45) is 2.97. The van der Waals surface area contributed by atoms with Crippen LogP contribution in [0.2, 0.25) is 0 Å². The summed E-state index contributed by atoms with van der Waals surface area (Å²) < 4.78 is 5.44. The van der Waals surface area contributed by atoms with Gasteiger partial charge in [-0.25, -0.2) is 0 Å². The molecule has 1 amide bonds. The molecular weight excluding hydrogens is 204 g/mol. The van der Waals surface area contributed by atoms with Crippen molar-refractivity contribution in [1.82, 2.24) is 10.6 Å². The molecule has 0 bridgehead atoms. The van der Waals surface area contributed by atoms with E-state index in [9.17, 15) is 4.79 Å². The second-order valence-electron chi connectivity index (χ2n) is 4.76. The van der Waals surface area contributed by atoms with E-state index in [1.807, 2.05) is 0 Å². The minimum atomic E-state index is 0.0385. The Morgan fingerprint density at radius 2 is 2.38 bits per heavy atom. The lowest BCUT2D eigenvalue weighted by Gasteiger charge is -2.11. The second-order valence-corrected chi connectivity index (χ2v) is 4.76. The van der Waals surface area contributed by atoms with E-state index in [1.54, 1.807) is 0 Å². The Kier molecular flexibility index (Phi) is 6.42. The number of hydrogen-bond donors (Lipinski definition) is 2. The maximum Gasteiger partial charge on any atom is 0.237 e. The normalized spacial score (nSPS) is 20.3. The van der Waals surface area contributed by atoms with Gasteiger partial charge in [0, 0.05) is 19.8 Å². The van der Waals surface area contributed by atoms with Crippen LogP contribution in [-0.4, -0.2) is 38.3 Å². The molecular formula is C12H24N2O2. The van der Waals surface area contributed by atoms with Gasteiger partial charge in [-0.2, -0.15) is 0 Å². The molecule has 1 rings (SSSR count). The number of hydrogen-bond acceptors (Lipinski definition) is 3. The lowest BCUT2D eigenvalue weighted by atomic mass is 10.2. The molecule has 16 heavy (non-hydrogen) atoms. The first kappa shape index (κ1) is 13.5. The summed E-state index contributed by atoms with van der Waals surface area (Å²) in [5, 5.41) is 6.11. The lowest BCUT2D eigenvalue weighted by molar-refractivity contribution is -0.122. The van der Waals surface area contributed by atoms with Gasteiger partial charge in [-0.1, -0.05) is 13.8 Å². The van der Waals surface area contributed by atoms with E-state index >= 15 is 0 Å². The Morgan fingerprint density at radius 1 is 1.56 bits per heavy atom. The van der Waals surface area contributed by atoms with E-state index < -0.39 is 0 Å². The van der Waals surface area contributed by atoms with Gasteiger partial charge in [-0.3, -0.25) is 4.79 Å². The van der Waals surface area contributed by atoms with Gasteiger partial charge in [0.15, 0.2) is 0 Å². The topological polar surface area (TPSA) is 50.4 Å². The first-order chi connectivity index (χ1) is 7.70. The first-order valence-corrected chi connectivity index (χ1v) is 6.29. The molecule has 1 saturated heterocycles. The number of carbonyl (C=O) groups is 1. The predicted octanol–water partition coefficient (Wildman–Crippen LogP) is 0.917. The Bertz CT molecular complexity index is 201. The van der Waals surface area contributed by atoms with Gasteiger partial charge in [-0.05, 0) is 31.7 Å². The summed E-state index contributed by atoms with van der Waals surface area (Å²) in [5.41, 5.74) is 0. The molecule has 0 saturated carbocycles. The maximum absolute atomic E-state index is 11.6. The molecule has 0 aromatic rings. The number of carbonyl (C=O) groups excluding carboxylic acids is 1. The highest BCUT2D eigenvalue weighted by Gasteiger charge is 2.20. The van der Waals surface area contributed by atoms with Crippen LogP contribution in [-0.2, 0) is 9.53 Å². The largest absolute Gasteiger partial charge is 0.381 e. The van der Waals surface area contributed by atoms with Crippen LogP contribution in [0, 0.1) is 5.92 Å². The quantitative estimate of drug-likeness (QED) is 0.637. The van der Waals surface area contributed by atoms with Crippen molar-refractivity contribution in [2.24, 2.45) is 5.92 Å². The van der Waals surface area contributed by atoms with Gasteiger partial charge in [-0.15, -0.1) is 0 Å². The van der Waals surface area contributed by atoms with Crippen molar-refractivity contribution < 1.29 is 9.53 Å². The average molecular weight is 228 g/mol. The zero-order chi connectivity index (χ0) is 11.8. The molecule has 1 aliphatic heterocycles. The SMILES string of the molecule is CC(C)COCCCNC(=O)[C@@H]1CCCN1. The summed E-state index contributed by atoms with van der Waals surface area (Å²) in [5.74, 6) is 0.721. The smallest absolute Gasteiger partial charge is 0.237 e. The fourth-order valence-electron chi connectivity index (χ4n) is 1.74. The Labute approximate surface area is 98.1 Å². The van der Waals surface area contributed by atoms with Crippen LogP contribution in [0.5, 0.6) is 0 Å². The summed E-state index contributed by atoms with van der Waals surface area (Å²) in [6.45, 7) is 7.49. The van der Waals surface area contributed by atoms with Crippen molar-refractivity contribution in [2.45, 2.75) is 39.2 Å². The van der Waals surface area contributed by atoms with E-state index in [2.05, 4.69) is 24.5 Å². The maximum atomic E-state index is 11.6. The molecule has 0 aliphatic carbocycles. The molecule has 0 spiro atoms. The number of rotatable bonds is 7. The minimum Gasteiger partial charge on any atom is -0.381 e. The third-order valence-corrected chi connectivity index (χ3v) is 2.59. The van der Waals surface area contributed by atoms with Crippen molar-refractivity contribution in [3.63, 3.8) is 0 Å². The number of ether oxygens (including phenoxy) is 1. The van der Waals surface area contributed by atoms with Gasteiger partial charge in [0.2, 0.25) is 5.91 Å². The van der Waals surface area contributed by atoms with Crippen LogP contribution >= 0.6 is 0 Å². The molecule has 1 fully saturated rings. The van der Waals surface area contributed by atoms with Gasteiger partial charge in [0.05, 0.1) is 6.04 Å². The third kappa shape index (κ3) is 5.47. The third-order valence-electron chi connectivity index (χ3n) is 2.59. The summed E-state index contributed by atoms with van der Waals surface area (Å²) in [6, 6.07) is 0.0385. The molecule has 1 heterocycles. The molecule has 0 unspecified atom stereocenters. The molecule has 0 aromatic heterocycles. The van der Waals surface area contributed by atoms with E-state index in [0.29, 0.717) is 5.92 Å². The standard InChI is InChI=1S/C12H24N2O2/c1-10(2)9-16-8-4-7-14-12(15)11-5-3-6-13-11/h10-11,13H,3-9H2,1-2H3,(H,14,15)/t11-/m0/s1. The van der Waals surface area contributed by atoms with Crippen molar-refractivity contribution >= 4 is 5.91 Å². The Balaban J connectivity index is 1.92. The molecule has 0 radical (unpaired) electrons. The van der Waals surface area contributed by atoms with E-state index in [4.69, 9.17) is 4.74 Å². The monoisotopic (exact) mass is 228 g/mol. The fourth-order valence-corrected chi connectivity index (χ4v) is 1.74. The first-order valence-electron chi connectivity index (χ1n) is 6.29. The Morgan fingerprint density at radius 3 is 3.00 bits per heavy atom. The average Bonchev–Trinajstić information content (AvgIpc) is 2.75. The van der Waals surface area contributed by atoms with Crippen LogP contribution in [0.1, 0.15) is 33.1 Å². The zero-order valence-electron chi connectivity index (χ0n) is 10.4. The highest BCUT2D eigenvalue weighted by molar-refractivity contribution is 5.81. The fraction of sp³-hybridized carbons (Fsp3) is 0.917. The van der Waals surface area contributed by atoms with E-state index in [1.165, 1.54) is 0 Å².